The SMILES string of the molecule is COc1ccc(OC)c(C(=O)OCC(=O)N(C)Cc2ccccc2C)c1. The molecule has 26 heavy (non-hydrogen) atoms. The number of benzene rings is 2. The fourth-order valence-electron chi connectivity index (χ4n) is 2.42. The Hall–Kier alpha value is -3.02. The molecule has 0 unspecified atom stereocenters. The Bertz CT molecular complexity index is 788. The van der Waals surface area contributed by atoms with E-state index in [0.29, 0.717) is 18.0 Å². The minimum atomic E-state index is -0.640. The maximum Gasteiger partial charge on any atom is 0.342 e. The van der Waals surface area contributed by atoms with Gasteiger partial charge in [0.1, 0.15) is 17.1 Å². The Morgan fingerprint density at radius 2 is 1.77 bits per heavy atom. The van der Waals surface area contributed by atoms with Gasteiger partial charge >= 0.3 is 5.97 Å². The van der Waals surface area contributed by atoms with Gasteiger partial charge in [-0.3, -0.25) is 4.79 Å². The van der Waals surface area contributed by atoms with E-state index >= 15 is 0 Å². The average molecular weight is 357 g/mol. The molecule has 0 aliphatic heterocycles. The van der Waals surface area contributed by atoms with Crippen LogP contribution in [0.4, 0.5) is 0 Å². The smallest absolute Gasteiger partial charge is 0.342 e. The number of nitrogens with zero attached hydrogens (tertiary/aromatic N) is 1. The number of carbonyl (C=O) groups is 2. The summed E-state index contributed by atoms with van der Waals surface area (Å²) in [6, 6.07) is 12.6. The molecule has 0 fully saturated rings. The molecule has 0 N–H and O–H groups in total. The van der Waals surface area contributed by atoms with Gasteiger partial charge in [-0.2, -0.15) is 0 Å². The van der Waals surface area contributed by atoms with Crippen LogP contribution >= 0.6 is 0 Å². The average Bonchev–Trinajstić information content (AvgIpc) is 2.66. The topological polar surface area (TPSA) is 65.1 Å². The van der Waals surface area contributed by atoms with Crippen molar-refractivity contribution in [2.24, 2.45) is 0 Å². The molecule has 0 saturated carbocycles. The Morgan fingerprint density at radius 1 is 1.04 bits per heavy atom. The number of rotatable bonds is 7. The molecule has 2 aromatic carbocycles. The molecule has 0 bridgehead atoms. The summed E-state index contributed by atoms with van der Waals surface area (Å²) in [4.78, 5) is 26.1. The highest BCUT2D eigenvalue weighted by molar-refractivity contribution is 5.94. The molecule has 2 aromatic rings. The minimum absolute atomic E-state index is 0.209. The Kier molecular flexibility index (Phi) is 6.60. The summed E-state index contributed by atoms with van der Waals surface area (Å²) in [5.41, 5.74) is 2.36. The quantitative estimate of drug-likeness (QED) is 0.713. The largest absolute Gasteiger partial charge is 0.497 e. The van der Waals surface area contributed by atoms with Crippen molar-refractivity contribution < 1.29 is 23.8 Å². The first-order chi connectivity index (χ1) is 12.5. The molecule has 6 heteroatoms. The molecule has 0 aliphatic carbocycles. The van der Waals surface area contributed by atoms with Gasteiger partial charge in [0, 0.05) is 13.6 Å². The van der Waals surface area contributed by atoms with Crippen molar-refractivity contribution in [2.45, 2.75) is 13.5 Å². The van der Waals surface area contributed by atoms with Crippen molar-refractivity contribution in [3.05, 3.63) is 59.2 Å². The van der Waals surface area contributed by atoms with E-state index in [0.717, 1.165) is 11.1 Å². The van der Waals surface area contributed by atoms with Crippen LogP contribution in [0.3, 0.4) is 0 Å². The number of amides is 1. The zero-order valence-electron chi connectivity index (χ0n) is 15.4. The highest BCUT2D eigenvalue weighted by Crippen LogP contribution is 2.24. The summed E-state index contributed by atoms with van der Waals surface area (Å²) in [6.45, 7) is 2.09. The molecule has 0 aromatic heterocycles. The predicted molar refractivity (Wildman–Crippen MR) is 97.5 cm³/mol. The van der Waals surface area contributed by atoms with E-state index in [9.17, 15) is 9.59 Å². The first-order valence-electron chi connectivity index (χ1n) is 8.14. The van der Waals surface area contributed by atoms with E-state index in [-0.39, 0.29) is 18.1 Å². The number of ether oxygens (including phenoxy) is 3. The van der Waals surface area contributed by atoms with E-state index in [1.807, 2.05) is 31.2 Å². The van der Waals surface area contributed by atoms with Crippen molar-refractivity contribution in [3.63, 3.8) is 0 Å². The highest BCUT2D eigenvalue weighted by Gasteiger charge is 2.18. The molecule has 0 aliphatic rings. The Morgan fingerprint density at radius 3 is 2.42 bits per heavy atom. The normalized spacial score (nSPS) is 10.2. The molecule has 1 amide bonds. The molecule has 0 spiro atoms. The van der Waals surface area contributed by atoms with Gasteiger partial charge in [0.25, 0.3) is 5.91 Å². The first-order valence-corrected chi connectivity index (χ1v) is 8.14. The zero-order chi connectivity index (χ0) is 19.1. The van der Waals surface area contributed by atoms with E-state index < -0.39 is 5.97 Å². The van der Waals surface area contributed by atoms with Crippen molar-refractivity contribution in [1.29, 1.82) is 0 Å². The number of carbonyl (C=O) groups excluding carboxylic acids is 2. The summed E-state index contributed by atoms with van der Waals surface area (Å²) in [6.07, 6.45) is 0. The van der Waals surface area contributed by atoms with Gasteiger partial charge in [-0.05, 0) is 36.2 Å². The van der Waals surface area contributed by atoms with Crippen molar-refractivity contribution in [1.82, 2.24) is 4.90 Å². The van der Waals surface area contributed by atoms with E-state index in [1.54, 1.807) is 19.2 Å². The van der Waals surface area contributed by atoms with Crippen LogP contribution in [0.5, 0.6) is 11.5 Å². The van der Waals surface area contributed by atoms with E-state index in [4.69, 9.17) is 14.2 Å². The van der Waals surface area contributed by atoms with Crippen LogP contribution in [0.25, 0.3) is 0 Å². The fourth-order valence-corrected chi connectivity index (χ4v) is 2.42. The van der Waals surface area contributed by atoms with Crippen molar-refractivity contribution in [3.8, 4) is 11.5 Å². The lowest BCUT2D eigenvalue weighted by atomic mass is 10.1. The van der Waals surface area contributed by atoms with E-state index in [2.05, 4.69) is 0 Å². The standard InChI is InChI=1S/C20H23NO5/c1-14-7-5-6-8-15(14)12-21(2)19(22)13-26-20(23)17-11-16(24-3)9-10-18(17)25-4/h5-11H,12-13H2,1-4H3. The highest BCUT2D eigenvalue weighted by atomic mass is 16.5. The van der Waals surface area contributed by atoms with Crippen LogP contribution in [0, 0.1) is 6.92 Å². The molecule has 0 atom stereocenters. The lowest BCUT2D eigenvalue weighted by Gasteiger charge is -2.18. The summed E-state index contributed by atoms with van der Waals surface area (Å²) in [7, 11) is 4.63. The Labute approximate surface area is 153 Å². The van der Waals surface area contributed by atoms with Crippen molar-refractivity contribution >= 4 is 11.9 Å². The van der Waals surface area contributed by atoms with Crippen LogP contribution in [-0.4, -0.2) is 44.7 Å². The molecule has 2 rings (SSSR count). The van der Waals surface area contributed by atoms with Gasteiger partial charge in [0.05, 0.1) is 14.2 Å². The monoisotopic (exact) mass is 357 g/mol. The van der Waals surface area contributed by atoms with Gasteiger partial charge in [-0.25, -0.2) is 4.79 Å². The second-order valence-corrected chi connectivity index (χ2v) is 5.82. The molecule has 0 saturated heterocycles. The van der Waals surface area contributed by atoms with Crippen LogP contribution in [-0.2, 0) is 16.1 Å². The lowest BCUT2D eigenvalue weighted by molar-refractivity contribution is -0.133. The molecule has 138 valence electrons. The summed E-state index contributed by atoms with van der Waals surface area (Å²) >= 11 is 0. The van der Waals surface area contributed by atoms with Gasteiger partial charge in [0.2, 0.25) is 0 Å². The molecular weight excluding hydrogens is 334 g/mol. The van der Waals surface area contributed by atoms with Crippen LogP contribution in [0.15, 0.2) is 42.5 Å². The fraction of sp³-hybridized carbons (Fsp3) is 0.300. The third-order valence-corrected chi connectivity index (χ3v) is 4.05. The van der Waals surface area contributed by atoms with Gasteiger partial charge in [0.15, 0.2) is 6.61 Å². The maximum absolute atomic E-state index is 12.3. The summed E-state index contributed by atoms with van der Waals surface area (Å²) in [5.74, 6) is -0.0703. The van der Waals surface area contributed by atoms with Gasteiger partial charge < -0.3 is 19.1 Å². The molecular formula is C20H23NO5. The second-order valence-electron chi connectivity index (χ2n) is 5.82. The molecule has 6 nitrogen and oxygen atoms in total. The third-order valence-electron chi connectivity index (χ3n) is 4.05. The van der Waals surface area contributed by atoms with Crippen LogP contribution in [0.2, 0.25) is 0 Å². The molecule has 0 radical (unpaired) electrons. The third kappa shape index (κ3) is 4.75. The van der Waals surface area contributed by atoms with Gasteiger partial charge in [-0.1, -0.05) is 24.3 Å². The van der Waals surface area contributed by atoms with Crippen LogP contribution < -0.4 is 9.47 Å². The first kappa shape index (κ1) is 19.3. The number of hydrogen-bond donors (Lipinski definition) is 0. The van der Waals surface area contributed by atoms with Crippen molar-refractivity contribution in [2.75, 3.05) is 27.9 Å². The Balaban J connectivity index is 1.98. The zero-order valence-corrected chi connectivity index (χ0v) is 15.4. The molecule has 0 heterocycles. The number of methoxy groups -OCH3 is 2. The number of likely N-dealkylation sites (N-methyl/N-ethyl adjacent to an activating group) is 1. The lowest BCUT2D eigenvalue weighted by Crippen LogP contribution is -2.31. The van der Waals surface area contributed by atoms with Crippen LogP contribution in [0.1, 0.15) is 21.5 Å². The second kappa shape index (κ2) is 8.89. The predicted octanol–water partition coefficient (Wildman–Crippen LogP) is 2.83. The maximum atomic E-state index is 12.3. The number of esters is 1. The number of hydrogen-bond acceptors (Lipinski definition) is 5. The summed E-state index contributed by atoms with van der Waals surface area (Å²) in [5, 5.41) is 0. The van der Waals surface area contributed by atoms with E-state index in [1.165, 1.54) is 25.2 Å². The minimum Gasteiger partial charge on any atom is -0.497 e. The van der Waals surface area contributed by atoms with Gasteiger partial charge in [-0.15, -0.1) is 0 Å². The number of aryl methyl sites for hydroxylation is 1. The summed E-state index contributed by atoms with van der Waals surface area (Å²) < 4.78 is 15.4.